The maximum Gasteiger partial charge on any atom is 0.138 e. The Balaban J connectivity index is 2.33. The molecule has 1 aromatic carbocycles. The van der Waals surface area contributed by atoms with E-state index in [1.54, 1.807) is 24.5 Å². The Morgan fingerprint density at radius 3 is 2.75 bits per heavy atom. The first-order valence-electron chi connectivity index (χ1n) is 6.22. The summed E-state index contributed by atoms with van der Waals surface area (Å²) in [6.07, 6.45) is 2.44. The van der Waals surface area contributed by atoms with Crippen LogP contribution in [-0.2, 0) is 0 Å². The predicted octanol–water partition coefficient (Wildman–Crippen LogP) is 4.37. The van der Waals surface area contributed by atoms with Crippen molar-refractivity contribution in [2.75, 3.05) is 0 Å². The summed E-state index contributed by atoms with van der Waals surface area (Å²) in [6.45, 7) is 3.88. The Hall–Kier alpha value is -1.10. The van der Waals surface area contributed by atoms with Crippen LogP contribution in [0.2, 0.25) is 5.02 Å². The molecule has 1 heterocycles. The van der Waals surface area contributed by atoms with E-state index in [-0.39, 0.29) is 6.10 Å². The van der Waals surface area contributed by atoms with E-state index >= 15 is 0 Å². The van der Waals surface area contributed by atoms with E-state index < -0.39 is 6.10 Å². The summed E-state index contributed by atoms with van der Waals surface area (Å²) in [5, 5.41) is 11.0. The van der Waals surface area contributed by atoms with Crippen molar-refractivity contribution in [3.05, 3.63) is 57.3 Å². The fourth-order valence-electron chi connectivity index (χ4n) is 1.83. The number of hydrogen-bond acceptors (Lipinski definition) is 3. The van der Waals surface area contributed by atoms with Gasteiger partial charge in [0.1, 0.15) is 11.9 Å². The molecule has 0 radical (unpaired) electrons. The highest BCUT2D eigenvalue weighted by Gasteiger charge is 2.16. The summed E-state index contributed by atoms with van der Waals surface area (Å²) in [5.74, 6) is 0.627. The Labute approximate surface area is 131 Å². The quantitative estimate of drug-likeness (QED) is 0.884. The third-order valence-electron chi connectivity index (χ3n) is 2.70. The van der Waals surface area contributed by atoms with Gasteiger partial charge in [-0.15, -0.1) is 0 Å². The fourth-order valence-corrected chi connectivity index (χ4v) is 2.44. The van der Waals surface area contributed by atoms with Crippen LogP contribution >= 0.6 is 27.5 Å². The Kier molecular flexibility index (Phi) is 5.02. The fraction of sp³-hybridized carbons (Fsp3) is 0.267. The van der Waals surface area contributed by atoms with Gasteiger partial charge in [-0.25, -0.2) is 0 Å². The number of halogens is 2. The van der Waals surface area contributed by atoms with E-state index in [1.807, 2.05) is 26.0 Å². The zero-order valence-corrected chi connectivity index (χ0v) is 13.5. The number of hydrogen-bond donors (Lipinski definition) is 1. The highest BCUT2D eigenvalue weighted by Crippen LogP contribution is 2.33. The molecule has 0 saturated carbocycles. The van der Waals surface area contributed by atoms with Crippen LogP contribution in [0.5, 0.6) is 5.75 Å². The summed E-state index contributed by atoms with van der Waals surface area (Å²) < 4.78 is 6.33. The standard InChI is InChI=1S/C15H15BrClNO2/c1-9(2)20-11-6-10(7-18-8-11)15(19)12-4-3-5-13(16)14(12)17/h3-9,15,19H,1-2H3. The van der Waals surface area contributed by atoms with E-state index in [9.17, 15) is 5.11 Å². The SMILES string of the molecule is CC(C)Oc1cncc(C(O)c2cccc(Br)c2Cl)c1. The molecular weight excluding hydrogens is 342 g/mol. The average Bonchev–Trinajstić information content (AvgIpc) is 2.41. The van der Waals surface area contributed by atoms with Gasteiger partial charge < -0.3 is 9.84 Å². The minimum Gasteiger partial charge on any atom is -0.489 e. The smallest absolute Gasteiger partial charge is 0.138 e. The molecule has 1 unspecified atom stereocenters. The summed E-state index contributed by atoms with van der Waals surface area (Å²) in [4.78, 5) is 4.10. The number of rotatable bonds is 4. The molecule has 0 amide bonds. The van der Waals surface area contributed by atoms with Crippen LogP contribution in [0.3, 0.4) is 0 Å². The van der Waals surface area contributed by atoms with E-state index in [0.717, 1.165) is 4.47 Å². The van der Waals surface area contributed by atoms with E-state index in [1.165, 1.54) is 0 Å². The van der Waals surface area contributed by atoms with Crippen molar-refractivity contribution < 1.29 is 9.84 Å². The highest BCUT2D eigenvalue weighted by atomic mass is 79.9. The van der Waals surface area contributed by atoms with Crippen LogP contribution in [0.1, 0.15) is 31.1 Å². The molecule has 20 heavy (non-hydrogen) atoms. The van der Waals surface area contributed by atoms with Crippen molar-refractivity contribution >= 4 is 27.5 Å². The number of aliphatic hydroxyl groups is 1. The second-order valence-electron chi connectivity index (χ2n) is 4.67. The highest BCUT2D eigenvalue weighted by molar-refractivity contribution is 9.10. The van der Waals surface area contributed by atoms with Crippen LogP contribution in [0.4, 0.5) is 0 Å². The van der Waals surface area contributed by atoms with Crippen molar-refractivity contribution in [3.8, 4) is 5.75 Å². The lowest BCUT2D eigenvalue weighted by Crippen LogP contribution is -2.07. The molecule has 3 nitrogen and oxygen atoms in total. The van der Waals surface area contributed by atoms with Crippen molar-refractivity contribution in [2.45, 2.75) is 26.1 Å². The average molecular weight is 357 g/mol. The summed E-state index contributed by atoms with van der Waals surface area (Å²) in [7, 11) is 0. The summed E-state index contributed by atoms with van der Waals surface area (Å²) in [5.41, 5.74) is 1.27. The number of ether oxygens (including phenoxy) is 1. The lowest BCUT2D eigenvalue weighted by atomic mass is 10.0. The number of pyridine rings is 1. The monoisotopic (exact) mass is 355 g/mol. The van der Waals surface area contributed by atoms with E-state index in [4.69, 9.17) is 16.3 Å². The lowest BCUT2D eigenvalue weighted by molar-refractivity contribution is 0.215. The predicted molar refractivity (Wildman–Crippen MR) is 83.2 cm³/mol. The molecule has 0 fully saturated rings. The van der Waals surface area contributed by atoms with E-state index in [0.29, 0.717) is 21.9 Å². The second kappa shape index (κ2) is 6.57. The molecule has 0 aliphatic rings. The minimum absolute atomic E-state index is 0.0543. The first kappa shape index (κ1) is 15.3. The number of aromatic nitrogens is 1. The van der Waals surface area contributed by atoms with Crippen molar-refractivity contribution in [2.24, 2.45) is 0 Å². The molecule has 0 saturated heterocycles. The third kappa shape index (κ3) is 3.51. The second-order valence-corrected chi connectivity index (χ2v) is 5.90. The molecule has 5 heteroatoms. The van der Waals surface area contributed by atoms with Gasteiger partial charge in [0.2, 0.25) is 0 Å². The van der Waals surface area contributed by atoms with Crippen LogP contribution in [0.15, 0.2) is 41.1 Å². The number of benzene rings is 1. The maximum atomic E-state index is 10.5. The van der Waals surface area contributed by atoms with Gasteiger partial charge in [-0.1, -0.05) is 23.7 Å². The molecule has 1 atom stereocenters. The summed E-state index contributed by atoms with van der Waals surface area (Å²) >= 11 is 9.55. The van der Waals surface area contributed by atoms with Gasteiger partial charge in [-0.2, -0.15) is 0 Å². The molecule has 1 N–H and O–H groups in total. The molecule has 0 bridgehead atoms. The molecule has 0 spiro atoms. The first-order chi connectivity index (χ1) is 9.49. The largest absolute Gasteiger partial charge is 0.489 e. The van der Waals surface area contributed by atoms with Crippen molar-refractivity contribution in [1.29, 1.82) is 0 Å². The molecule has 2 rings (SSSR count). The molecule has 106 valence electrons. The van der Waals surface area contributed by atoms with Crippen LogP contribution < -0.4 is 4.74 Å². The Morgan fingerprint density at radius 2 is 2.05 bits per heavy atom. The molecule has 1 aromatic heterocycles. The lowest BCUT2D eigenvalue weighted by Gasteiger charge is -2.15. The Morgan fingerprint density at radius 1 is 1.30 bits per heavy atom. The topological polar surface area (TPSA) is 42.4 Å². The van der Waals surface area contributed by atoms with Gasteiger partial charge in [-0.05, 0) is 41.9 Å². The third-order valence-corrected chi connectivity index (χ3v) is 4.01. The van der Waals surface area contributed by atoms with E-state index in [2.05, 4.69) is 20.9 Å². The Bertz CT molecular complexity index is 604. The van der Waals surface area contributed by atoms with Gasteiger partial charge >= 0.3 is 0 Å². The van der Waals surface area contributed by atoms with Gasteiger partial charge in [0.15, 0.2) is 0 Å². The van der Waals surface area contributed by atoms with Crippen molar-refractivity contribution in [3.63, 3.8) is 0 Å². The molecule has 2 aromatic rings. The van der Waals surface area contributed by atoms with Crippen LogP contribution in [0, 0.1) is 0 Å². The number of aliphatic hydroxyl groups excluding tert-OH is 1. The van der Waals surface area contributed by atoms with Crippen molar-refractivity contribution in [1.82, 2.24) is 4.98 Å². The van der Waals surface area contributed by atoms with Gasteiger partial charge in [0, 0.05) is 21.8 Å². The zero-order valence-electron chi connectivity index (χ0n) is 11.2. The van der Waals surface area contributed by atoms with Crippen LogP contribution in [0.25, 0.3) is 0 Å². The zero-order chi connectivity index (χ0) is 14.7. The van der Waals surface area contributed by atoms with Crippen LogP contribution in [-0.4, -0.2) is 16.2 Å². The maximum absolute atomic E-state index is 10.5. The molecule has 0 aliphatic carbocycles. The minimum atomic E-state index is -0.844. The van der Waals surface area contributed by atoms with Gasteiger partial charge in [-0.3, -0.25) is 4.98 Å². The first-order valence-corrected chi connectivity index (χ1v) is 7.39. The normalized spacial score (nSPS) is 12.5. The molecular formula is C15H15BrClNO2. The van der Waals surface area contributed by atoms with Gasteiger partial charge in [0.25, 0.3) is 0 Å². The molecule has 0 aliphatic heterocycles. The summed E-state index contributed by atoms with van der Waals surface area (Å²) in [6, 6.07) is 7.22. The van der Waals surface area contributed by atoms with Gasteiger partial charge in [0.05, 0.1) is 17.3 Å². The number of nitrogens with zero attached hydrogens (tertiary/aromatic N) is 1.